The molecule has 0 aliphatic rings. The number of hydrogen-bond donors (Lipinski definition) is 2. The number of carboxylic acids is 1. The van der Waals surface area contributed by atoms with E-state index in [-0.39, 0.29) is 5.91 Å². The van der Waals surface area contributed by atoms with E-state index in [2.05, 4.69) is 10.3 Å². The van der Waals surface area contributed by atoms with E-state index in [1.165, 1.54) is 17.4 Å². The number of carbonyl (C=O) groups excluding carboxylic acids is 1. The Labute approximate surface area is 126 Å². The van der Waals surface area contributed by atoms with Gasteiger partial charge in [0.15, 0.2) is 0 Å². The fourth-order valence-electron chi connectivity index (χ4n) is 1.70. The number of amides is 1. The summed E-state index contributed by atoms with van der Waals surface area (Å²) in [5.74, 6) is -1.29. The van der Waals surface area contributed by atoms with Crippen molar-refractivity contribution in [2.75, 3.05) is 5.32 Å². The molecule has 1 aromatic carbocycles. The van der Waals surface area contributed by atoms with Gasteiger partial charge in [-0.1, -0.05) is 12.1 Å². The predicted molar refractivity (Wildman–Crippen MR) is 82.7 cm³/mol. The summed E-state index contributed by atoms with van der Waals surface area (Å²) in [4.78, 5) is 26.7. The number of hydrogen-bond acceptors (Lipinski definition) is 4. The summed E-state index contributed by atoms with van der Waals surface area (Å²) in [6, 6.07) is 5.34. The third kappa shape index (κ3) is 4.00. The number of carbonyl (C=O) groups is 2. The lowest BCUT2D eigenvalue weighted by atomic mass is 10.1. The van der Waals surface area contributed by atoms with E-state index < -0.39 is 5.97 Å². The topological polar surface area (TPSA) is 79.3 Å². The van der Waals surface area contributed by atoms with Gasteiger partial charge in [-0.05, 0) is 37.1 Å². The summed E-state index contributed by atoms with van der Waals surface area (Å²) in [5, 5.41) is 14.0. The number of aliphatic carboxylic acids is 1. The fourth-order valence-corrected chi connectivity index (χ4v) is 2.29. The first kappa shape index (κ1) is 14.9. The number of nitrogens with zero attached hydrogens (tertiary/aromatic N) is 1. The molecular weight excluding hydrogens is 288 g/mol. The summed E-state index contributed by atoms with van der Waals surface area (Å²) >= 11 is 1.41. The molecule has 0 radical (unpaired) electrons. The van der Waals surface area contributed by atoms with Gasteiger partial charge in [-0.3, -0.25) is 4.79 Å². The Morgan fingerprint density at radius 2 is 2.10 bits per heavy atom. The zero-order valence-electron chi connectivity index (χ0n) is 11.6. The molecule has 0 saturated heterocycles. The lowest BCUT2D eigenvalue weighted by molar-refractivity contribution is -0.131. The standard InChI is InChI=1S/C15H14N2O3S/c1-9-3-4-11(5-6-14(18)19)7-12(9)17-15(20)13-8-21-10(2)16-13/h3-8H,1-2H3,(H,17,20)(H,18,19)/b6-5+. The molecule has 0 atom stereocenters. The van der Waals surface area contributed by atoms with Gasteiger partial charge in [0.1, 0.15) is 5.69 Å². The van der Waals surface area contributed by atoms with E-state index in [1.807, 2.05) is 19.9 Å². The van der Waals surface area contributed by atoms with Crippen LogP contribution in [0.15, 0.2) is 29.7 Å². The number of benzene rings is 1. The van der Waals surface area contributed by atoms with E-state index in [0.29, 0.717) is 16.9 Å². The summed E-state index contributed by atoms with van der Waals surface area (Å²) in [7, 11) is 0. The number of aryl methyl sites for hydroxylation is 2. The minimum Gasteiger partial charge on any atom is -0.478 e. The fraction of sp³-hybridized carbons (Fsp3) is 0.133. The van der Waals surface area contributed by atoms with Gasteiger partial charge in [-0.25, -0.2) is 9.78 Å². The molecule has 21 heavy (non-hydrogen) atoms. The van der Waals surface area contributed by atoms with Crippen molar-refractivity contribution in [2.45, 2.75) is 13.8 Å². The van der Waals surface area contributed by atoms with Crippen LogP contribution in [-0.4, -0.2) is 22.0 Å². The van der Waals surface area contributed by atoms with E-state index in [4.69, 9.17) is 5.11 Å². The quantitative estimate of drug-likeness (QED) is 0.850. The molecule has 1 heterocycles. The van der Waals surface area contributed by atoms with E-state index >= 15 is 0 Å². The van der Waals surface area contributed by atoms with Crippen LogP contribution in [0, 0.1) is 13.8 Å². The van der Waals surface area contributed by atoms with Crippen LogP contribution in [0.1, 0.15) is 26.6 Å². The zero-order valence-corrected chi connectivity index (χ0v) is 12.4. The van der Waals surface area contributed by atoms with Crippen LogP contribution >= 0.6 is 11.3 Å². The molecular formula is C15H14N2O3S. The van der Waals surface area contributed by atoms with Gasteiger partial charge in [-0.2, -0.15) is 0 Å². The maximum Gasteiger partial charge on any atom is 0.328 e. The average molecular weight is 302 g/mol. The maximum absolute atomic E-state index is 12.1. The minimum absolute atomic E-state index is 0.276. The highest BCUT2D eigenvalue weighted by Crippen LogP contribution is 2.19. The van der Waals surface area contributed by atoms with Gasteiger partial charge in [0, 0.05) is 17.1 Å². The first-order valence-corrected chi connectivity index (χ1v) is 7.09. The predicted octanol–water partition coefficient (Wildman–Crippen LogP) is 3.11. The average Bonchev–Trinajstić information content (AvgIpc) is 2.86. The lowest BCUT2D eigenvalue weighted by Gasteiger charge is -2.08. The van der Waals surface area contributed by atoms with Gasteiger partial charge < -0.3 is 10.4 Å². The van der Waals surface area contributed by atoms with Crippen LogP contribution in [0.5, 0.6) is 0 Å². The molecule has 0 aliphatic carbocycles. The summed E-state index contributed by atoms with van der Waals surface area (Å²) in [6.45, 7) is 3.70. The van der Waals surface area contributed by atoms with Gasteiger partial charge in [0.05, 0.1) is 5.01 Å². The molecule has 2 N–H and O–H groups in total. The van der Waals surface area contributed by atoms with E-state index in [9.17, 15) is 9.59 Å². The molecule has 108 valence electrons. The van der Waals surface area contributed by atoms with Crippen molar-refractivity contribution in [1.82, 2.24) is 4.98 Å². The third-order valence-corrected chi connectivity index (χ3v) is 3.55. The van der Waals surface area contributed by atoms with Crippen molar-refractivity contribution >= 4 is 35.0 Å². The minimum atomic E-state index is -1.01. The summed E-state index contributed by atoms with van der Waals surface area (Å²) < 4.78 is 0. The number of nitrogens with one attached hydrogen (secondary N) is 1. The molecule has 0 fully saturated rings. The Balaban J connectivity index is 2.21. The smallest absolute Gasteiger partial charge is 0.328 e. The van der Waals surface area contributed by atoms with Gasteiger partial charge in [-0.15, -0.1) is 11.3 Å². The first-order chi connectivity index (χ1) is 9.95. The molecule has 2 rings (SSSR count). The molecule has 0 unspecified atom stereocenters. The Kier molecular flexibility index (Phi) is 4.49. The molecule has 1 aromatic heterocycles. The van der Waals surface area contributed by atoms with Crippen LogP contribution in [0.2, 0.25) is 0 Å². The Morgan fingerprint density at radius 1 is 1.33 bits per heavy atom. The monoisotopic (exact) mass is 302 g/mol. The van der Waals surface area contributed by atoms with Gasteiger partial charge in [0.25, 0.3) is 5.91 Å². The number of rotatable bonds is 4. The van der Waals surface area contributed by atoms with Crippen molar-refractivity contribution in [3.05, 3.63) is 51.5 Å². The highest BCUT2D eigenvalue weighted by atomic mass is 32.1. The Bertz CT molecular complexity index is 719. The molecule has 2 aromatic rings. The number of aromatic nitrogens is 1. The number of anilines is 1. The van der Waals surface area contributed by atoms with Crippen LogP contribution in [-0.2, 0) is 4.79 Å². The number of carboxylic acid groups (broad SMARTS) is 1. The van der Waals surface area contributed by atoms with Crippen molar-refractivity contribution in [3.8, 4) is 0 Å². The van der Waals surface area contributed by atoms with Crippen molar-refractivity contribution in [1.29, 1.82) is 0 Å². The molecule has 0 spiro atoms. The van der Waals surface area contributed by atoms with E-state index in [0.717, 1.165) is 16.6 Å². The highest BCUT2D eigenvalue weighted by molar-refractivity contribution is 7.09. The largest absolute Gasteiger partial charge is 0.478 e. The molecule has 0 saturated carbocycles. The van der Waals surface area contributed by atoms with Gasteiger partial charge in [0.2, 0.25) is 0 Å². The van der Waals surface area contributed by atoms with Crippen LogP contribution in [0.4, 0.5) is 5.69 Å². The van der Waals surface area contributed by atoms with Crippen molar-refractivity contribution in [2.24, 2.45) is 0 Å². The molecule has 6 heteroatoms. The van der Waals surface area contributed by atoms with Gasteiger partial charge >= 0.3 is 5.97 Å². The number of thiazole rings is 1. The second kappa shape index (κ2) is 6.32. The second-order valence-corrected chi connectivity index (χ2v) is 5.51. The molecule has 0 aliphatic heterocycles. The summed E-state index contributed by atoms with van der Waals surface area (Å²) in [5.41, 5.74) is 2.61. The van der Waals surface area contributed by atoms with E-state index in [1.54, 1.807) is 17.5 Å². The SMILES string of the molecule is Cc1nc(C(=O)Nc2cc(/C=C/C(=O)O)ccc2C)cs1. The Morgan fingerprint density at radius 3 is 2.71 bits per heavy atom. The van der Waals surface area contributed by atoms with Crippen LogP contribution < -0.4 is 5.32 Å². The normalized spacial score (nSPS) is 10.8. The highest BCUT2D eigenvalue weighted by Gasteiger charge is 2.11. The Hall–Kier alpha value is -2.47. The van der Waals surface area contributed by atoms with Crippen LogP contribution in [0.25, 0.3) is 6.08 Å². The third-order valence-electron chi connectivity index (χ3n) is 2.78. The van der Waals surface area contributed by atoms with Crippen LogP contribution in [0.3, 0.4) is 0 Å². The van der Waals surface area contributed by atoms with Crippen molar-refractivity contribution < 1.29 is 14.7 Å². The molecule has 1 amide bonds. The zero-order chi connectivity index (χ0) is 15.4. The van der Waals surface area contributed by atoms with Crippen molar-refractivity contribution in [3.63, 3.8) is 0 Å². The maximum atomic E-state index is 12.1. The second-order valence-electron chi connectivity index (χ2n) is 4.45. The summed E-state index contributed by atoms with van der Waals surface area (Å²) in [6.07, 6.45) is 2.53. The lowest BCUT2D eigenvalue weighted by Crippen LogP contribution is -2.13. The molecule has 5 nitrogen and oxygen atoms in total. The first-order valence-electron chi connectivity index (χ1n) is 6.21. The molecule has 0 bridgehead atoms.